The van der Waals surface area contributed by atoms with E-state index in [-0.39, 0.29) is 12.0 Å². The Bertz CT molecular complexity index is 564. The van der Waals surface area contributed by atoms with Crippen molar-refractivity contribution in [2.24, 2.45) is 0 Å². The van der Waals surface area contributed by atoms with Gasteiger partial charge in [0.25, 0.3) is 5.91 Å². The van der Waals surface area contributed by atoms with Gasteiger partial charge in [0, 0.05) is 19.2 Å². The summed E-state index contributed by atoms with van der Waals surface area (Å²) < 4.78 is 16.2. The predicted octanol–water partition coefficient (Wildman–Crippen LogP) is 1.14. The van der Waals surface area contributed by atoms with E-state index in [1.165, 1.54) is 0 Å². The number of carbonyl (C=O) groups is 1. The summed E-state index contributed by atoms with van der Waals surface area (Å²) in [7, 11) is 1.57. The number of rotatable bonds is 6. The van der Waals surface area contributed by atoms with E-state index in [9.17, 15) is 4.79 Å². The fourth-order valence-electron chi connectivity index (χ4n) is 2.21. The average molecular weight is 353 g/mol. The summed E-state index contributed by atoms with van der Waals surface area (Å²) in [6, 6.07) is 7.07. The molecule has 1 aliphatic rings. The van der Waals surface area contributed by atoms with Crippen molar-refractivity contribution in [2.75, 3.05) is 20.3 Å². The zero-order chi connectivity index (χ0) is 17.4. The summed E-state index contributed by atoms with van der Waals surface area (Å²) in [4.78, 5) is 12.0. The summed E-state index contributed by atoms with van der Waals surface area (Å²) in [5, 5.41) is 3.35. The highest BCUT2D eigenvalue weighted by Crippen LogP contribution is 2.19. The second-order valence-electron chi connectivity index (χ2n) is 5.40. The number of carbonyl (C=O) groups excluding carboxylic acids is 1. The van der Waals surface area contributed by atoms with Crippen molar-refractivity contribution < 1.29 is 19.0 Å². The van der Waals surface area contributed by atoms with E-state index >= 15 is 0 Å². The molecule has 0 aliphatic carbocycles. The molecule has 1 aromatic rings. The number of nitrogens with one attached hydrogen (secondary N) is 3. The minimum atomic E-state index is -0.689. The number of thiocarbonyl (C=S) groups is 1. The monoisotopic (exact) mass is 353 g/mol. The highest BCUT2D eigenvalue weighted by molar-refractivity contribution is 7.80. The largest absolute Gasteiger partial charge is 0.497 e. The highest BCUT2D eigenvalue weighted by Gasteiger charge is 2.17. The molecule has 1 aromatic carbocycles. The molecule has 3 N–H and O–H groups in total. The van der Waals surface area contributed by atoms with E-state index in [0.717, 1.165) is 19.4 Å². The molecule has 8 heteroatoms. The fraction of sp³-hybridized carbons (Fsp3) is 0.500. The molecule has 0 spiro atoms. The normalized spacial score (nSPS) is 17.7. The second-order valence-corrected chi connectivity index (χ2v) is 5.81. The summed E-state index contributed by atoms with van der Waals surface area (Å²) in [6.07, 6.45) is 1.58. The maximum atomic E-state index is 12.0. The van der Waals surface area contributed by atoms with E-state index in [1.807, 2.05) is 0 Å². The number of ether oxygens (including phenoxy) is 3. The quantitative estimate of drug-likeness (QED) is 0.523. The zero-order valence-electron chi connectivity index (χ0n) is 13.8. The molecule has 7 nitrogen and oxygen atoms in total. The van der Waals surface area contributed by atoms with Crippen LogP contribution in [-0.4, -0.2) is 43.5 Å². The van der Waals surface area contributed by atoms with Gasteiger partial charge in [0.05, 0.1) is 13.2 Å². The third kappa shape index (κ3) is 5.86. The molecule has 2 atom stereocenters. The van der Waals surface area contributed by atoms with Gasteiger partial charge in [-0.25, -0.2) is 0 Å². The highest BCUT2D eigenvalue weighted by atomic mass is 32.1. The maximum absolute atomic E-state index is 12.0. The molecular weight excluding hydrogens is 330 g/mol. The van der Waals surface area contributed by atoms with Crippen LogP contribution in [0.4, 0.5) is 0 Å². The first kappa shape index (κ1) is 18.3. The van der Waals surface area contributed by atoms with Gasteiger partial charge in [0.2, 0.25) is 0 Å². The Kier molecular flexibility index (Phi) is 7.07. The van der Waals surface area contributed by atoms with Crippen LogP contribution in [0.2, 0.25) is 0 Å². The molecule has 0 radical (unpaired) electrons. The van der Waals surface area contributed by atoms with Gasteiger partial charge < -0.3 is 19.5 Å². The lowest BCUT2D eigenvalue weighted by Gasteiger charge is -2.17. The molecule has 24 heavy (non-hydrogen) atoms. The average Bonchev–Trinajstić information content (AvgIpc) is 3.11. The number of amides is 1. The molecule has 1 aliphatic heterocycles. The Morgan fingerprint density at radius 1 is 1.42 bits per heavy atom. The lowest BCUT2D eigenvalue weighted by atomic mass is 10.2. The Balaban J connectivity index is 1.69. The van der Waals surface area contributed by atoms with E-state index in [4.69, 9.17) is 26.4 Å². The SMILES string of the molecule is COc1cccc(OC(C)C(=O)NNC(=S)NCC2CCCO2)c1. The Morgan fingerprint density at radius 3 is 2.92 bits per heavy atom. The van der Waals surface area contributed by atoms with Gasteiger partial charge in [-0.15, -0.1) is 0 Å². The van der Waals surface area contributed by atoms with E-state index < -0.39 is 6.10 Å². The number of methoxy groups -OCH3 is 1. The molecule has 1 heterocycles. The summed E-state index contributed by atoms with van der Waals surface area (Å²) in [5.41, 5.74) is 5.17. The summed E-state index contributed by atoms with van der Waals surface area (Å²) in [6.45, 7) is 3.07. The molecule has 2 unspecified atom stereocenters. The summed E-state index contributed by atoms with van der Waals surface area (Å²) in [5.74, 6) is 0.882. The van der Waals surface area contributed by atoms with Crippen molar-refractivity contribution in [3.05, 3.63) is 24.3 Å². The minimum absolute atomic E-state index is 0.177. The third-order valence-electron chi connectivity index (χ3n) is 3.54. The molecule has 2 rings (SSSR count). The van der Waals surface area contributed by atoms with Gasteiger partial charge in [0.1, 0.15) is 11.5 Å². The van der Waals surface area contributed by atoms with Gasteiger partial charge >= 0.3 is 0 Å². The van der Waals surface area contributed by atoms with E-state index in [1.54, 1.807) is 38.3 Å². The van der Waals surface area contributed by atoms with Crippen molar-refractivity contribution in [3.8, 4) is 11.5 Å². The van der Waals surface area contributed by atoms with Gasteiger partial charge in [-0.1, -0.05) is 6.07 Å². The first-order chi connectivity index (χ1) is 11.6. The minimum Gasteiger partial charge on any atom is -0.497 e. The van der Waals surface area contributed by atoms with E-state index in [2.05, 4.69) is 16.2 Å². The fourth-order valence-corrected chi connectivity index (χ4v) is 2.34. The molecule has 0 saturated carbocycles. The van der Waals surface area contributed by atoms with Crippen LogP contribution >= 0.6 is 12.2 Å². The third-order valence-corrected chi connectivity index (χ3v) is 3.78. The van der Waals surface area contributed by atoms with Crippen LogP contribution in [0.1, 0.15) is 19.8 Å². The lowest BCUT2D eigenvalue weighted by molar-refractivity contribution is -0.127. The first-order valence-electron chi connectivity index (χ1n) is 7.84. The predicted molar refractivity (Wildman–Crippen MR) is 93.9 cm³/mol. The maximum Gasteiger partial charge on any atom is 0.279 e. The van der Waals surface area contributed by atoms with Crippen LogP contribution in [-0.2, 0) is 9.53 Å². The first-order valence-corrected chi connectivity index (χ1v) is 8.25. The standard InChI is InChI=1S/C16H23N3O4S/c1-11(23-13-6-3-5-12(9-13)21-2)15(20)18-19-16(24)17-10-14-7-4-8-22-14/h3,5-6,9,11,14H,4,7-8,10H2,1-2H3,(H,18,20)(H2,17,19,24). The van der Waals surface area contributed by atoms with Crippen molar-refractivity contribution in [1.82, 2.24) is 16.2 Å². The van der Waals surface area contributed by atoms with Crippen LogP contribution < -0.4 is 25.6 Å². The van der Waals surface area contributed by atoms with Gasteiger partial charge in [-0.3, -0.25) is 15.6 Å². The molecular formula is C16H23N3O4S. The Morgan fingerprint density at radius 2 is 2.21 bits per heavy atom. The van der Waals surface area contributed by atoms with Crippen LogP contribution in [0.25, 0.3) is 0 Å². The molecule has 0 bridgehead atoms. The van der Waals surface area contributed by atoms with E-state index in [0.29, 0.717) is 23.2 Å². The van der Waals surface area contributed by atoms with Crippen LogP contribution in [0, 0.1) is 0 Å². The van der Waals surface area contributed by atoms with Gasteiger partial charge in [-0.2, -0.15) is 0 Å². The lowest BCUT2D eigenvalue weighted by Crippen LogP contribution is -2.51. The Labute approximate surface area is 147 Å². The molecule has 132 valence electrons. The van der Waals surface area contributed by atoms with Crippen LogP contribution in [0.15, 0.2) is 24.3 Å². The second kappa shape index (κ2) is 9.29. The van der Waals surface area contributed by atoms with Crippen molar-refractivity contribution in [2.45, 2.75) is 32.0 Å². The number of benzene rings is 1. The molecule has 1 amide bonds. The Hall–Kier alpha value is -2.06. The van der Waals surface area contributed by atoms with Gasteiger partial charge in [0.15, 0.2) is 11.2 Å². The number of hydrazine groups is 1. The number of hydrogen-bond donors (Lipinski definition) is 3. The molecule has 1 fully saturated rings. The van der Waals surface area contributed by atoms with Crippen molar-refractivity contribution in [3.63, 3.8) is 0 Å². The molecule has 1 saturated heterocycles. The topological polar surface area (TPSA) is 80.9 Å². The summed E-state index contributed by atoms with van der Waals surface area (Å²) >= 11 is 5.11. The zero-order valence-corrected chi connectivity index (χ0v) is 14.7. The smallest absolute Gasteiger partial charge is 0.279 e. The van der Waals surface area contributed by atoms with Crippen LogP contribution in [0.3, 0.4) is 0 Å². The molecule has 0 aromatic heterocycles. The number of hydrogen-bond acceptors (Lipinski definition) is 5. The van der Waals surface area contributed by atoms with Crippen LogP contribution in [0.5, 0.6) is 11.5 Å². The van der Waals surface area contributed by atoms with Gasteiger partial charge in [-0.05, 0) is 44.1 Å². The van der Waals surface area contributed by atoms with Crippen molar-refractivity contribution >= 4 is 23.2 Å². The van der Waals surface area contributed by atoms with Crippen molar-refractivity contribution in [1.29, 1.82) is 0 Å².